The van der Waals surface area contributed by atoms with E-state index in [4.69, 9.17) is 0 Å². The van der Waals surface area contributed by atoms with Gasteiger partial charge in [-0.1, -0.05) is 19.4 Å². The Bertz CT molecular complexity index is 463. The maximum Gasteiger partial charge on any atom is 0.191 e. The Labute approximate surface area is 150 Å². The van der Waals surface area contributed by atoms with Crippen LogP contribution in [0.25, 0.3) is 0 Å². The van der Waals surface area contributed by atoms with E-state index in [0.717, 1.165) is 30.9 Å². The van der Waals surface area contributed by atoms with Crippen molar-refractivity contribution in [2.75, 3.05) is 27.7 Å². The van der Waals surface area contributed by atoms with Gasteiger partial charge in [-0.2, -0.15) is 0 Å². The molecule has 0 heterocycles. The highest BCUT2D eigenvalue weighted by atomic mass is 127. The molecule has 4 nitrogen and oxygen atoms in total. The number of rotatable bonds is 7. The van der Waals surface area contributed by atoms with Crippen molar-refractivity contribution in [3.05, 3.63) is 35.1 Å². The van der Waals surface area contributed by atoms with E-state index in [1.165, 1.54) is 6.07 Å². The number of aliphatic imine (C=N–C) groups is 1. The topological polar surface area (TPSA) is 39.7 Å². The zero-order valence-electron chi connectivity index (χ0n) is 13.9. The van der Waals surface area contributed by atoms with Crippen LogP contribution in [0.2, 0.25) is 0 Å². The molecule has 0 amide bonds. The molecule has 0 aliphatic rings. The van der Waals surface area contributed by atoms with E-state index in [-0.39, 0.29) is 29.8 Å². The van der Waals surface area contributed by atoms with Crippen LogP contribution in [-0.2, 0) is 13.1 Å². The van der Waals surface area contributed by atoms with E-state index < -0.39 is 0 Å². The van der Waals surface area contributed by atoms with Gasteiger partial charge in [0, 0.05) is 32.2 Å². The van der Waals surface area contributed by atoms with Gasteiger partial charge in [0.05, 0.1) is 0 Å². The minimum atomic E-state index is -0.155. The number of unbranched alkanes of at least 4 members (excludes halogenated alkanes) is 1. The second-order valence-electron chi connectivity index (χ2n) is 5.37. The third-order valence-corrected chi connectivity index (χ3v) is 3.10. The molecule has 126 valence electrons. The van der Waals surface area contributed by atoms with Crippen LogP contribution in [0.5, 0.6) is 0 Å². The fraction of sp³-hybridized carbons (Fsp3) is 0.562. The Balaban J connectivity index is 0.00000441. The summed E-state index contributed by atoms with van der Waals surface area (Å²) < 4.78 is 13.7. The lowest BCUT2D eigenvalue weighted by atomic mass is 10.1. The van der Waals surface area contributed by atoms with Crippen molar-refractivity contribution < 1.29 is 4.39 Å². The van der Waals surface area contributed by atoms with Crippen molar-refractivity contribution >= 4 is 29.9 Å². The molecule has 0 bridgehead atoms. The highest BCUT2D eigenvalue weighted by molar-refractivity contribution is 14.0. The molecule has 2 N–H and O–H groups in total. The summed E-state index contributed by atoms with van der Waals surface area (Å²) in [6.07, 6.45) is 2.26. The van der Waals surface area contributed by atoms with E-state index in [2.05, 4.69) is 22.5 Å². The Hall–Kier alpha value is -0.890. The number of nitrogens with one attached hydrogen (secondary N) is 2. The Morgan fingerprint density at radius 3 is 2.59 bits per heavy atom. The standard InChI is InChI=1S/C16H27FN4.HI/c1-5-6-9-19-16(18-2)20-11-13-7-8-15(17)14(10-13)12-21(3)4;/h7-8,10H,5-6,9,11-12H2,1-4H3,(H2,18,19,20);1H. The molecule has 1 aromatic carbocycles. The van der Waals surface area contributed by atoms with Gasteiger partial charge in [-0.15, -0.1) is 24.0 Å². The van der Waals surface area contributed by atoms with Gasteiger partial charge >= 0.3 is 0 Å². The third-order valence-electron chi connectivity index (χ3n) is 3.10. The minimum absolute atomic E-state index is 0. The Morgan fingerprint density at radius 1 is 1.27 bits per heavy atom. The highest BCUT2D eigenvalue weighted by Crippen LogP contribution is 2.12. The normalized spacial score (nSPS) is 11.3. The van der Waals surface area contributed by atoms with E-state index in [9.17, 15) is 4.39 Å². The first kappa shape index (κ1) is 21.1. The van der Waals surface area contributed by atoms with Gasteiger partial charge < -0.3 is 15.5 Å². The molecule has 0 unspecified atom stereocenters. The molecule has 0 atom stereocenters. The van der Waals surface area contributed by atoms with Crippen molar-refractivity contribution in [2.24, 2.45) is 4.99 Å². The number of benzene rings is 1. The first-order valence-corrected chi connectivity index (χ1v) is 7.43. The molecule has 0 aliphatic heterocycles. The predicted molar refractivity (Wildman–Crippen MR) is 102 cm³/mol. The van der Waals surface area contributed by atoms with Crippen molar-refractivity contribution in [3.8, 4) is 0 Å². The smallest absolute Gasteiger partial charge is 0.191 e. The zero-order valence-corrected chi connectivity index (χ0v) is 16.3. The molecule has 0 fully saturated rings. The predicted octanol–water partition coefficient (Wildman–Crippen LogP) is 2.97. The summed E-state index contributed by atoms with van der Waals surface area (Å²) in [6.45, 7) is 4.30. The van der Waals surface area contributed by atoms with Crippen LogP contribution in [0, 0.1) is 5.82 Å². The summed E-state index contributed by atoms with van der Waals surface area (Å²) in [7, 11) is 5.62. The van der Waals surface area contributed by atoms with Crippen LogP contribution in [0.4, 0.5) is 4.39 Å². The monoisotopic (exact) mass is 422 g/mol. The molecule has 0 saturated carbocycles. The maximum atomic E-state index is 13.7. The average molecular weight is 422 g/mol. The van der Waals surface area contributed by atoms with Gasteiger partial charge in [0.25, 0.3) is 0 Å². The third kappa shape index (κ3) is 7.93. The second-order valence-corrected chi connectivity index (χ2v) is 5.37. The zero-order chi connectivity index (χ0) is 15.7. The van der Waals surface area contributed by atoms with Crippen molar-refractivity contribution in [1.82, 2.24) is 15.5 Å². The largest absolute Gasteiger partial charge is 0.356 e. The van der Waals surface area contributed by atoms with Crippen LogP contribution in [0.15, 0.2) is 23.2 Å². The van der Waals surface area contributed by atoms with Gasteiger partial charge in [-0.05, 0) is 38.2 Å². The van der Waals surface area contributed by atoms with Gasteiger partial charge in [0.2, 0.25) is 0 Å². The molecule has 0 aromatic heterocycles. The first-order chi connectivity index (χ1) is 10.1. The van der Waals surface area contributed by atoms with Crippen LogP contribution >= 0.6 is 24.0 Å². The van der Waals surface area contributed by atoms with E-state index in [1.54, 1.807) is 13.1 Å². The number of nitrogens with zero attached hydrogens (tertiary/aromatic N) is 2. The molecule has 1 aromatic rings. The van der Waals surface area contributed by atoms with Gasteiger partial charge in [-0.3, -0.25) is 4.99 Å². The van der Waals surface area contributed by atoms with Gasteiger partial charge in [0.15, 0.2) is 5.96 Å². The highest BCUT2D eigenvalue weighted by Gasteiger charge is 2.05. The van der Waals surface area contributed by atoms with Crippen LogP contribution in [0.3, 0.4) is 0 Å². The lowest BCUT2D eigenvalue weighted by Crippen LogP contribution is -2.37. The van der Waals surface area contributed by atoms with E-state index in [0.29, 0.717) is 18.7 Å². The molecule has 0 aliphatic carbocycles. The van der Waals surface area contributed by atoms with E-state index in [1.807, 2.05) is 25.1 Å². The van der Waals surface area contributed by atoms with Crippen LogP contribution in [-0.4, -0.2) is 38.5 Å². The first-order valence-electron chi connectivity index (χ1n) is 7.43. The summed E-state index contributed by atoms with van der Waals surface area (Å²) >= 11 is 0. The summed E-state index contributed by atoms with van der Waals surface area (Å²) in [5.74, 6) is 0.625. The van der Waals surface area contributed by atoms with Gasteiger partial charge in [-0.25, -0.2) is 4.39 Å². The van der Waals surface area contributed by atoms with E-state index >= 15 is 0 Å². The number of guanidine groups is 1. The molecule has 0 saturated heterocycles. The minimum Gasteiger partial charge on any atom is -0.356 e. The SMILES string of the molecule is CCCCNC(=NC)NCc1ccc(F)c(CN(C)C)c1.I. The molecular formula is C16H28FIN4. The molecule has 1 rings (SSSR count). The lowest BCUT2D eigenvalue weighted by Gasteiger charge is -2.14. The summed E-state index contributed by atoms with van der Waals surface area (Å²) in [6, 6.07) is 5.24. The second kappa shape index (κ2) is 11.6. The van der Waals surface area contributed by atoms with Crippen LogP contribution in [0.1, 0.15) is 30.9 Å². The quantitative estimate of drug-likeness (QED) is 0.307. The van der Waals surface area contributed by atoms with Crippen molar-refractivity contribution in [2.45, 2.75) is 32.9 Å². The molecule has 22 heavy (non-hydrogen) atoms. The average Bonchev–Trinajstić information content (AvgIpc) is 2.45. The summed E-state index contributed by atoms with van der Waals surface area (Å²) in [4.78, 5) is 6.13. The Kier molecular flexibility index (Phi) is 11.2. The molecule has 0 spiro atoms. The summed E-state index contributed by atoms with van der Waals surface area (Å²) in [5, 5.41) is 6.50. The number of hydrogen-bond donors (Lipinski definition) is 2. The Morgan fingerprint density at radius 2 is 2.00 bits per heavy atom. The fourth-order valence-electron chi connectivity index (χ4n) is 1.99. The fourth-order valence-corrected chi connectivity index (χ4v) is 1.99. The summed E-state index contributed by atoms with van der Waals surface area (Å²) in [5.41, 5.74) is 1.76. The molecule has 0 radical (unpaired) electrons. The van der Waals surface area contributed by atoms with Crippen molar-refractivity contribution in [1.29, 1.82) is 0 Å². The maximum absolute atomic E-state index is 13.7. The van der Waals surface area contributed by atoms with Crippen LogP contribution < -0.4 is 10.6 Å². The van der Waals surface area contributed by atoms with Crippen molar-refractivity contribution in [3.63, 3.8) is 0 Å². The number of halogens is 2. The number of hydrogen-bond acceptors (Lipinski definition) is 2. The molecular weight excluding hydrogens is 394 g/mol. The molecule has 6 heteroatoms. The lowest BCUT2D eigenvalue weighted by molar-refractivity contribution is 0.392. The van der Waals surface area contributed by atoms with Gasteiger partial charge in [0.1, 0.15) is 5.82 Å².